The van der Waals surface area contributed by atoms with E-state index in [4.69, 9.17) is 9.47 Å². The summed E-state index contributed by atoms with van der Waals surface area (Å²) in [6.07, 6.45) is 11.6. The molecule has 0 aromatic heterocycles. The van der Waals surface area contributed by atoms with E-state index in [1.165, 1.54) is 51.4 Å². The molecule has 2 aliphatic rings. The first kappa shape index (κ1) is 13.7. The third kappa shape index (κ3) is 4.15. The molecule has 0 aromatic carbocycles. The van der Waals surface area contributed by atoms with Crippen molar-refractivity contribution in [3.63, 3.8) is 0 Å². The molecule has 0 radical (unpaired) electrons. The molecule has 100 valence electrons. The van der Waals surface area contributed by atoms with E-state index in [9.17, 15) is 0 Å². The Hall–Kier alpha value is 0.270. The summed E-state index contributed by atoms with van der Waals surface area (Å²) >= 11 is 2.26. The average molecular weight is 258 g/mol. The van der Waals surface area contributed by atoms with Crippen LogP contribution >= 0.6 is 11.8 Å². The lowest BCUT2D eigenvalue weighted by Crippen LogP contribution is -2.26. The number of hydrogen-bond acceptors (Lipinski definition) is 3. The van der Waals surface area contributed by atoms with Gasteiger partial charge in [-0.15, -0.1) is 0 Å². The molecule has 0 saturated heterocycles. The molecule has 0 amide bonds. The zero-order chi connectivity index (χ0) is 12.1. The molecular formula is C14H26O2S. The molecule has 3 heteroatoms. The summed E-state index contributed by atoms with van der Waals surface area (Å²) in [6.45, 7) is 0. The first-order valence-corrected chi connectivity index (χ1v) is 7.97. The largest absolute Gasteiger partial charge is 0.381 e. The van der Waals surface area contributed by atoms with Crippen molar-refractivity contribution in [2.45, 2.75) is 74.1 Å². The lowest BCUT2D eigenvalue weighted by molar-refractivity contribution is 0.0704. The topological polar surface area (TPSA) is 18.5 Å². The lowest BCUT2D eigenvalue weighted by Gasteiger charge is -2.33. The van der Waals surface area contributed by atoms with Gasteiger partial charge in [0.1, 0.15) is 0 Å². The smallest absolute Gasteiger partial charge is 0.0572 e. The molecule has 2 rings (SSSR count). The molecule has 0 spiro atoms. The van der Waals surface area contributed by atoms with Crippen LogP contribution in [0.25, 0.3) is 0 Å². The van der Waals surface area contributed by atoms with Crippen molar-refractivity contribution in [3.05, 3.63) is 0 Å². The maximum Gasteiger partial charge on any atom is 0.0572 e. The lowest BCUT2D eigenvalue weighted by atomic mass is 9.97. The van der Waals surface area contributed by atoms with E-state index in [2.05, 4.69) is 11.8 Å². The molecule has 0 aliphatic heterocycles. The summed E-state index contributed by atoms with van der Waals surface area (Å²) in [4.78, 5) is 0. The van der Waals surface area contributed by atoms with Gasteiger partial charge in [-0.2, -0.15) is 11.8 Å². The second-order valence-electron chi connectivity index (χ2n) is 5.40. The van der Waals surface area contributed by atoms with E-state index in [1.807, 2.05) is 14.2 Å². The van der Waals surface area contributed by atoms with Crippen LogP contribution in [0.4, 0.5) is 0 Å². The Morgan fingerprint density at radius 1 is 0.647 bits per heavy atom. The molecular weight excluding hydrogens is 232 g/mol. The number of hydrogen-bond donors (Lipinski definition) is 0. The fourth-order valence-corrected chi connectivity index (χ4v) is 4.71. The van der Waals surface area contributed by atoms with Crippen molar-refractivity contribution < 1.29 is 9.47 Å². The monoisotopic (exact) mass is 258 g/mol. The zero-order valence-electron chi connectivity index (χ0n) is 11.2. The highest BCUT2D eigenvalue weighted by Gasteiger charge is 2.27. The van der Waals surface area contributed by atoms with Gasteiger partial charge in [-0.3, -0.25) is 0 Å². The minimum absolute atomic E-state index is 0.538. The highest BCUT2D eigenvalue weighted by Crippen LogP contribution is 2.37. The molecule has 0 N–H and O–H groups in total. The number of methoxy groups -OCH3 is 2. The Labute approximate surface area is 110 Å². The van der Waals surface area contributed by atoms with Crippen molar-refractivity contribution in [1.82, 2.24) is 0 Å². The van der Waals surface area contributed by atoms with E-state index in [1.54, 1.807) is 0 Å². The van der Waals surface area contributed by atoms with Crippen molar-refractivity contribution in [3.8, 4) is 0 Å². The van der Waals surface area contributed by atoms with Crippen LogP contribution in [0.2, 0.25) is 0 Å². The van der Waals surface area contributed by atoms with Crippen molar-refractivity contribution in [2.75, 3.05) is 14.2 Å². The fraction of sp³-hybridized carbons (Fsp3) is 1.00. The van der Waals surface area contributed by atoms with Gasteiger partial charge >= 0.3 is 0 Å². The Bertz CT molecular complexity index is 184. The first-order valence-electron chi connectivity index (χ1n) is 7.03. The standard InChI is InChI=1S/C14H26O2S/c1-15-11-3-7-13(8-4-11)17-14-9-5-12(16-2)6-10-14/h11-14H,3-10H2,1-2H3. The summed E-state index contributed by atoms with van der Waals surface area (Å²) in [5, 5.41) is 1.79. The number of thioether (sulfide) groups is 1. The van der Waals surface area contributed by atoms with Gasteiger partial charge in [0.05, 0.1) is 12.2 Å². The molecule has 0 heterocycles. The van der Waals surface area contributed by atoms with Crippen LogP contribution in [0, 0.1) is 0 Å². The molecule has 0 unspecified atom stereocenters. The summed E-state index contributed by atoms with van der Waals surface area (Å²) < 4.78 is 10.9. The minimum Gasteiger partial charge on any atom is -0.381 e. The van der Waals surface area contributed by atoms with Crippen LogP contribution in [-0.4, -0.2) is 36.9 Å². The Balaban J connectivity index is 1.65. The van der Waals surface area contributed by atoms with Crippen molar-refractivity contribution in [1.29, 1.82) is 0 Å². The second kappa shape index (κ2) is 7.01. The van der Waals surface area contributed by atoms with Gasteiger partial charge in [0.25, 0.3) is 0 Å². The van der Waals surface area contributed by atoms with Crippen molar-refractivity contribution in [2.24, 2.45) is 0 Å². The van der Waals surface area contributed by atoms with Gasteiger partial charge < -0.3 is 9.47 Å². The maximum atomic E-state index is 5.43. The molecule has 2 fully saturated rings. The number of rotatable bonds is 4. The summed E-state index contributed by atoms with van der Waals surface area (Å²) in [5.41, 5.74) is 0. The van der Waals surface area contributed by atoms with Crippen LogP contribution in [0.3, 0.4) is 0 Å². The van der Waals surface area contributed by atoms with Gasteiger partial charge in [-0.05, 0) is 51.4 Å². The van der Waals surface area contributed by atoms with E-state index < -0.39 is 0 Å². The van der Waals surface area contributed by atoms with E-state index >= 15 is 0 Å². The zero-order valence-corrected chi connectivity index (χ0v) is 12.0. The fourth-order valence-electron chi connectivity index (χ4n) is 3.08. The molecule has 0 aromatic rings. The van der Waals surface area contributed by atoms with Gasteiger partial charge in [0.15, 0.2) is 0 Å². The molecule has 2 aliphatic carbocycles. The minimum atomic E-state index is 0.538. The SMILES string of the molecule is COC1CCC(SC2CCC(OC)CC2)CC1. The quantitative estimate of drug-likeness (QED) is 0.767. The number of ether oxygens (including phenoxy) is 2. The third-order valence-electron chi connectivity index (χ3n) is 4.29. The molecule has 2 saturated carbocycles. The van der Waals surface area contributed by atoms with Crippen LogP contribution in [0.1, 0.15) is 51.4 Å². The van der Waals surface area contributed by atoms with Crippen LogP contribution in [0.15, 0.2) is 0 Å². The average Bonchev–Trinajstić information content (AvgIpc) is 2.40. The van der Waals surface area contributed by atoms with Crippen molar-refractivity contribution >= 4 is 11.8 Å². The molecule has 17 heavy (non-hydrogen) atoms. The summed E-state index contributed by atoms with van der Waals surface area (Å²) in [7, 11) is 3.70. The third-order valence-corrected chi connectivity index (χ3v) is 6.01. The predicted octanol–water partition coefficient (Wildman–Crippen LogP) is 3.63. The Morgan fingerprint density at radius 3 is 1.29 bits per heavy atom. The maximum absolute atomic E-state index is 5.43. The van der Waals surface area contributed by atoms with Gasteiger partial charge in [-0.25, -0.2) is 0 Å². The summed E-state index contributed by atoms with van der Waals surface area (Å²) in [6, 6.07) is 0. The van der Waals surface area contributed by atoms with E-state index in [0.29, 0.717) is 12.2 Å². The van der Waals surface area contributed by atoms with Crippen LogP contribution < -0.4 is 0 Å². The molecule has 2 nitrogen and oxygen atoms in total. The molecule has 0 bridgehead atoms. The predicted molar refractivity (Wildman–Crippen MR) is 73.7 cm³/mol. The van der Waals surface area contributed by atoms with Crippen LogP contribution in [0.5, 0.6) is 0 Å². The van der Waals surface area contributed by atoms with Gasteiger partial charge in [-0.1, -0.05) is 0 Å². The van der Waals surface area contributed by atoms with Crippen LogP contribution in [-0.2, 0) is 9.47 Å². The first-order chi connectivity index (χ1) is 8.31. The second-order valence-corrected chi connectivity index (χ2v) is 7.01. The van der Waals surface area contributed by atoms with Gasteiger partial charge in [0.2, 0.25) is 0 Å². The van der Waals surface area contributed by atoms with E-state index in [0.717, 1.165) is 10.5 Å². The molecule has 0 atom stereocenters. The normalized spacial score (nSPS) is 39.2. The highest BCUT2D eigenvalue weighted by atomic mass is 32.2. The highest BCUT2D eigenvalue weighted by molar-refractivity contribution is 8.00. The Kier molecular flexibility index (Phi) is 5.64. The van der Waals surface area contributed by atoms with Gasteiger partial charge in [0, 0.05) is 24.7 Å². The van der Waals surface area contributed by atoms with E-state index in [-0.39, 0.29) is 0 Å². The summed E-state index contributed by atoms with van der Waals surface area (Å²) in [5.74, 6) is 0. The Morgan fingerprint density at radius 2 is 1.00 bits per heavy atom.